The lowest BCUT2D eigenvalue weighted by atomic mass is 10.1. The van der Waals surface area contributed by atoms with E-state index in [9.17, 15) is 17.6 Å². The van der Waals surface area contributed by atoms with Crippen LogP contribution in [0.1, 0.15) is 5.69 Å². The van der Waals surface area contributed by atoms with E-state index in [2.05, 4.69) is 20.9 Å². The highest BCUT2D eigenvalue weighted by molar-refractivity contribution is 9.10. The number of halogens is 5. The summed E-state index contributed by atoms with van der Waals surface area (Å²) in [5.41, 5.74) is -0.119. The summed E-state index contributed by atoms with van der Waals surface area (Å²) in [5, 5.41) is 0.602. The van der Waals surface area contributed by atoms with Crippen molar-refractivity contribution in [2.75, 3.05) is 0 Å². The third kappa shape index (κ3) is 2.74. The smallest absolute Gasteiger partial charge is 0.260 e. The van der Waals surface area contributed by atoms with Crippen molar-refractivity contribution in [1.82, 2.24) is 4.98 Å². The number of pyridine rings is 1. The molecule has 0 aliphatic carbocycles. The third-order valence-electron chi connectivity index (χ3n) is 2.23. The first-order valence-corrected chi connectivity index (χ1v) is 5.45. The van der Waals surface area contributed by atoms with Crippen LogP contribution in [0.3, 0.4) is 0 Å². The van der Waals surface area contributed by atoms with Crippen molar-refractivity contribution in [3.05, 3.63) is 40.4 Å². The summed E-state index contributed by atoms with van der Waals surface area (Å²) in [5.74, 6) is -0.520. The Balaban J connectivity index is 2.49. The quantitative estimate of drug-likeness (QED) is 0.718. The Bertz CT molecular complexity index is 565. The summed E-state index contributed by atoms with van der Waals surface area (Å²) in [7, 11) is 0. The third-order valence-corrected chi connectivity index (χ3v) is 2.84. The lowest BCUT2D eigenvalue weighted by Crippen LogP contribution is -2.12. The standard InChI is InChI=1S/C11H6BrF4N/c12-9-2-1-6-3-7(4-11(14,15)16)17-5-8(6)10(9)13/h1-3,5H,4H2. The fraction of sp³-hybridized carbons (Fsp3) is 0.182. The van der Waals surface area contributed by atoms with Gasteiger partial charge in [-0.05, 0) is 33.4 Å². The second-order valence-electron chi connectivity index (χ2n) is 3.55. The summed E-state index contributed by atoms with van der Waals surface area (Å²) < 4.78 is 50.3. The lowest BCUT2D eigenvalue weighted by molar-refractivity contribution is -0.127. The summed E-state index contributed by atoms with van der Waals surface area (Å²) >= 11 is 3.00. The highest BCUT2D eigenvalue weighted by Gasteiger charge is 2.28. The van der Waals surface area contributed by atoms with Gasteiger partial charge in [-0.3, -0.25) is 4.98 Å². The molecule has 0 atom stereocenters. The van der Waals surface area contributed by atoms with Crippen molar-refractivity contribution in [2.24, 2.45) is 0 Å². The van der Waals surface area contributed by atoms with Gasteiger partial charge in [-0.25, -0.2) is 4.39 Å². The van der Waals surface area contributed by atoms with E-state index in [1.807, 2.05) is 0 Å². The van der Waals surface area contributed by atoms with Crippen LogP contribution in [-0.2, 0) is 6.42 Å². The van der Waals surface area contributed by atoms with E-state index in [4.69, 9.17) is 0 Å². The first-order valence-electron chi connectivity index (χ1n) is 4.66. The largest absolute Gasteiger partial charge is 0.394 e. The molecule has 0 saturated heterocycles. The molecule has 0 saturated carbocycles. The van der Waals surface area contributed by atoms with Crippen LogP contribution in [-0.4, -0.2) is 11.2 Å². The Morgan fingerprint density at radius 2 is 1.94 bits per heavy atom. The van der Waals surface area contributed by atoms with Gasteiger partial charge in [0, 0.05) is 17.3 Å². The molecule has 0 aliphatic heterocycles. The van der Waals surface area contributed by atoms with Crippen molar-refractivity contribution in [1.29, 1.82) is 0 Å². The number of rotatable bonds is 1. The summed E-state index contributed by atoms with van der Waals surface area (Å²) in [6, 6.07) is 4.25. The molecule has 6 heteroatoms. The van der Waals surface area contributed by atoms with Crippen LogP contribution in [0.5, 0.6) is 0 Å². The Hall–Kier alpha value is -1.17. The molecule has 0 unspecified atom stereocenters. The van der Waals surface area contributed by atoms with E-state index in [-0.39, 0.29) is 15.6 Å². The Morgan fingerprint density at radius 1 is 1.24 bits per heavy atom. The van der Waals surface area contributed by atoms with Crippen LogP contribution in [0.2, 0.25) is 0 Å². The molecule has 17 heavy (non-hydrogen) atoms. The number of fused-ring (bicyclic) bond motifs is 1. The zero-order valence-corrected chi connectivity index (χ0v) is 9.94. The van der Waals surface area contributed by atoms with Crippen molar-refractivity contribution in [3.63, 3.8) is 0 Å². The summed E-state index contributed by atoms with van der Waals surface area (Å²) in [4.78, 5) is 3.61. The van der Waals surface area contributed by atoms with Crippen LogP contribution in [0, 0.1) is 5.82 Å². The van der Waals surface area contributed by atoms with Crippen LogP contribution in [0.25, 0.3) is 10.8 Å². The molecule has 0 spiro atoms. The number of nitrogens with zero attached hydrogens (tertiary/aromatic N) is 1. The van der Waals surface area contributed by atoms with E-state index in [1.165, 1.54) is 12.1 Å². The maximum atomic E-state index is 13.6. The number of benzene rings is 1. The maximum Gasteiger partial charge on any atom is 0.394 e. The lowest BCUT2D eigenvalue weighted by Gasteiger charge is -2.07. The molecule has 1 nitrogen and oxygen atoms in total. The van der Waals surface area contributed by atoms with Crippen LogP contribution in [0.15, 0.2) is 28.9 Å². The molecule has 0 amide bonds. The van der Waals surface area contributed by atoms with Crippen LogP contribution >= 0.6 is 15.9 Å². The molecule has 90 valence electrons. The van der Waals surface area contributed by atoms with E-state index in [1.54, 1.807) is 6.07 Å². The van der Waals surface area contributed by atoms with Gasteiger partial charge < -0.3 is 0 Å². The summed E-state index contributed by atoms with van der Waals surface area (Å²) in [6.45, 7) is 0. The Kier molecular flexibility index (Phi) is 3.07. The highest BCUT2D eigenvalue weighted by atomic mass is 79.9. The van der Waals surface area contributed by atoms with Gasteiger partial charge in [0.2, 0.25) is 0 Å². The monoisotopic (exact) mass is 307 g/mol. The topological polar surface area (TPSA) is 12.9 Å². The second kappa shape index (κ2) is 4.25. The average Bonchev–Trinajstić information content (AvgIpc) is 2.21. The minimum absolute atomic E-state index is 0.119. The first kappa shape index (κ1) is 12.3. The highest BCUT2D eigenvalue weighted by Crippen LogP contribution is 2.26. The molecule has 0 radical (unpaired) electrons. The van der Waals surface area contributed by atoms with Gasteiger partial charge in [-0.2, -0.15) is 13.2 Å². The molecule has 2 rings (SSSR count). The van der Waals surface area contributed by atoms with Crippen molar-refractivity contribution in [2.45, 2.75) is 12.6 Å². The van der Waals surface area contributed by atoms with Gasteiger partial charge in [-0.1, -0.05) is 6.07 Å². The van der Waals surface area contributed by atoms with Crippen LogP contribution < -0.4 is 0 Å². The fourth-order valence-corrected chi connectivity index (χ4v) is 1.85. The number of aromatic nitrogens is 1. The molecular weight excluding hydrogens is 302 g/mol. The Morgan fingerprint density at radius 3 is 2.59 bits per heavy atom. The van der Waals surface area contributed by atoms with Gasteiger partial charge in [0.25, 0.3) is 0 Å². The minimum Gasteiger partial charge on any atom is -0.260 e. The Labute approximate surface area is 103 Å². The average molecular weight is 308 g/mol. The maximum absolute atomic E-state index is 13.6. The molecule has 2 aromatic rings. The van der Waals surface area contributed by atoms with E-state index >= 15 is 0 Å². The van der Waals surface area contributed by atoms with Gasteiger partial charge in [-0.15, -0.1) is 0 Å². The molecule has 0 aliphatic rings. The zero-order chi connectivity index (χ0) is 12.6. The first-order chi connectivity index (χ1) is 7.87. The fourth-order valence-electron chi connectivity index (χ4n) is 1.50. The van der Waals surface area contributed by atoms with Gasteiger partial charge in [0.15, 0.2) is 0 Å². The van der Waals surface area contributed by atoms with E-state index in [0.29, 0.717) is 5.39 Å². The van der Waals surface area contributed by atoms with E-state index in [0.717, 1.165) is 6.20 Å². The van der Waals surface area contributed by atoms with Crippen molar-refractivity contribution >= 4 is 26.7 Å². The SMILES string of the molecule is Fc1c(Br)ccc2cc(CC(F)(F)F)ncc12. The normalized spacial score (nSPS) is 12.1. The zero-order valence-electron chi connectivity index (χ0n) is 8.35. The summed E-state index contributed by atoms with van der Waals surface area (Å²) in [6.07, 6.45) is -4.30. The van der Waals surface area contributed by atoms with Crippen molar-refractivity contribution in [3.8, 4) is 0 Å². The van der Waals surface area contributed by atoms with Gasteiger partial charge >= 0.3 is 6.18 Å². The number of alkyl halides is 3. The second-order valence-corrected chi connectivity index (χ2v) is 4.40. The predicted molar refractivity (Wildman–Crippen MR) is 59.2 cm³/mol. The van der Waals surface area contributed by atoms with Gasteiger partial charge in [0.1, 0.15) is 5.82 Å². The van der Waals surface area contributed by atoms with Crippen LogP contribution in [0.4, 0.5) is 17.6 Å². The molecule has 1 aromatic carbocycles. The molecular formula is C11H6BrF4N. The minimum atomic E-state index is -4.31. The van der Waals surface area contributed by atoms with E-state index < -0.39 is 18.4 Å². The molecule has 0 fully saturated rings. The number of hydrogen-bond acceptors (Lipinski definition) is 1. The predicted octanol–water partition coefficient (Wildman–Crippen LogP) is 4.24. The molecule has 0 N–H and O–H groups in total. The van der Waals surface area contributed by atoms with Gasteiger partial charge in [0.05, 0.1) is 10.9 Å². The molecule has 1 heterocycles. The molecule has 1 aromatic heterocycles. The number of hydrogen-bond donors (Lipinski definition) is 0. The molecule has 0 bridgehead atoms. The van der Waals surface area contributed by atoms with Crippen molar-refractivity contribution < 1.29 is 17.6 Å².